The van der Waals surface area contributed by atoms with Crippen LogP contribution in [0.15, 0.2) is 49.1 Å². The Morgan fingerprint density at radius 1 is 1.16 bits per heavy atom. The molecule has 2 fully saturated rings. The Bertz CT molecular complexity index is 1630. The van der Waals surface area contributed by atoms with E-state index in [0.717, 1.165) is 45.7 Å². The molecule has 0 radical (unpaired) electrons. The average molecular weight is 629 g/mol. The van der Waals surface area contributed by atoms with Crippen LogP contribution in [0, 0.1) is 5.92 Å². The third kappa shape index (κ3) is 6.82. The zero-order valence-corrected chi connectivity index (χ0v) is 24.5. The lowest BCUT2D eigenvalue weighted by atomic mass is 9.99. The lowest BCUT2D eigenvalue weighted by molar-refractivity contribution is -0.133. The summed E-state index contributed by atoms with van der Waals surface area (Å²) in [6.45, 7) is 2.11. The van der Waals surface area contributed by atoms with E-state index in [0.29, 0.717) is 24.7 Å². The van der Waals surface area contributed by atoms with E-state index < -0.39 is 12.5 Å². The number of hydrogen-bond acceptors (Lipinski definition) is 8. The maximum Gasteiger partial charge on any atom is 0.387 e. The van der Waals surface area contributed by atoms with Gasteiger partial charge in [-0.2, -0.15) is 19.0 Å². The summed E-state index contributed by atoms with van der Waals surface area (Å²) in [6, 6.07) is 5.80. The molecule has 2 aliphatic heterocycles. The van der Waals surface area contributed by atoms with Gasteiger partial charge >= 0.3 is 6.61 Å². The van der Waals surface area contributed by atoms with Crippen molar-refractivity contribution in [1.82, 2.24) is 34.2 Å². The number of halogens is 3. The van der Waals surface area contributed by atoms with Gasteiger partial charge in [-0.1, -0.05) is 11.6 Å². The molecule has 0 saturated carbocycles. The number of ether oxygens (including phenoxy) is 2. The van der Waals surface area contributed by atoms with Gasteiger partial charge < -0.3 is 19.7 Å². The fourth-order valence-corrected chi connectivity index (χ4v) is 5.74. The third-order valence-electron chi connectivity index (χ3n) is 7.83. The van der Waals surface area contributed by atoms with Gasteiger partial charge in [0.2, 0.25) is 5.91 Å². The number of fused-ring (bicyclic) bond motifs is 1. The summed E-state index contributed by atoms with van der Waals surface area (Å²) in [5.74, 6) is -0.270. The maximum absolute atomic E-state index is 13.3. The molecule has 15 heteroatoms. The Kier molecular flexibility index (Phi) is 9.00. The van der Waals surface area contributed by atoms with Crippen molar-refractivity contribution >= 4 is 34.7 Å². The van der Waals surface area contributed by atoms with Gasteiger partial charge in [-0.15, -0.1) is 0 Å². The van der Waals surface area contributed by atoms with E-state index in [1.807, 2.05) is 0 Å². The number of amides is 2. The Hall–Kier alpha value is -4.14. The van der Waals surface area contributed by atoms with Crippen LogP contribution in [0.4, 0.5) is 14.5 Å². The molecule has 44 heavy (non-hydrogen) atoms. The molecule has 0 unspecified atom stereocenters. The van der Waals surface area contributed by atoms with Crippen LogP contribution in [0.1, 0.15) is 23.2 Å². The van der Waals surface area contributed by atoms with E-state index in [4.69, 9.17) is 21.1 Å². The average Bonchev–Trinajstić information content (AvgIpc) is 3.63. The summed E-state index contributed by atoms with van der Waals surface area (Å²) in [7, 11) is 0. The lowest BCUT2D eigenvalue weighted by Gasteiger charge is -2.37. The Morgan fingerprint density at radius 2 is 1.95 bits per heavy atom. The van der Waals surface area contributed by atoms with Crippen LogP contribution in [0.3, 0.4) is 0 Å². The highest BCUT2D eigenvalue weighted by atomic mass is 35.5. The standard InChI is InChI=1S/C29H31ClF2N8O4/c30-20-2-3-24(44-29(31)32)21(14-20)26-23(35-28(42)22-15-34-40-7-1-6-33-27(22)40)17-39(36-26)18-25(41)38-10-8-37(9-11-38)16-19-4-12-43-13-5-19/h1-3,6-7,14-15,17,19,29H,4-5,8-13,16,18H2,(H,35,42). The molecule has 2 aliphatic rings. The number of nitrogens with one attached hydrogen (secondary N) is 1. The first-order valence-corrected chi connectivity index (χ1v) is 14.7. The number of anilines is 1. The van der Waals surface area contributed by atoms with E-state index in [2.05, 4.69) is 25.4 Å². The molecule has 0 bridgehead atoms. The van der Waals surface area contributed by atoms with Crippen LogP contribution in [-0.2, 0) is 16.1 Å². The molecule has 1 N–H and O–H groups in total. The Balaban J connectivity index is 1.22. The molecule has 2 saturated heterocycles. The van der Waals surface area contributed by atoms with Crippen molar-refractivity contribution in [3.8, 4) is 17.0 Å². The molecule has 0 spiro atoms. The lowest BCUT2D eigenvalue weighted by Crippen LogP contribution is -2.50. The van der Waals surface area contributed by atoms with Crippen LogP contribution in [-0.4, -0.2) is 98.5 Å². The zero-order chi connectivity index (χ0) is 30.6. The number of carbonyl (C=O) groups is 2. The predicted octanol–water partition coefficient (Wildman–Crippen LogP) is 3.67. The van der Waals surface area contributed by atoms with Crippen LogP contribution in [0.2, 0.25) is 5.02 Å². The molecule has 5 heterocycles. The SMILES string of the molecule is O=C(Nc1cn(CC(=O)N2CCN(CC3CCOCC3)CC2)nc1-c1cc(Cl)ccc1OC(F)F)c1cnn2cccnc12. The number of benzene rings is 1. The van der Waals surface area contributed by atoms with Crippen molar-refractivity contribution in [1.29, 1.82) is 0 Å². The molecule has 232 valence electrons. The molecule has 6 rings (SSSR count). The second-order valence-electron chi connectivity index (χ2n) is 10.7. The van der Waals surface area contributed by atoms with Gasteiger partial charge in [-0.05, 0) is 43.0 Å². The van der Waals surface area contributed by atoms with E-state index >= 15 is 0 Å². The molecule has 0 aliphatic carbocycles. The highest BCUT2D eigenvalue weighted by molar-refractivity contribution is 6.31. The highest BCUT2D eigenvalue weighted by Gasteiger charge is 2.26. The van der Waals surface area contributed by atoms with Gasteiger partial charge in [0.1, 0.15) is 23.6 Å². The predicted molar refractivity (Wildman–Crippen MR) is 157 cm³/mol. The van der Waals surface area contributed by atoms with Crippen LogP contribution < -0.4 is 10.1 Å². The van der Waals surface area contributed by atoms with Crippen LogP contribution >= 0.6 is 11.6 Å². The Morgan fingerprint density at radius 3 is 2.73 bits per heavy atom. The van der Waals surface area contributed by atoms with E-state index in [-0.39, 0.29) is 45.7 Å². The molecular weight excluding hydrogens is 598 g/mol. The van der Waals surface area contributed by atoms with Gasteiger partial charge in [0, 0.05) is 75.1 Å². The number of piperazine rings is 1. The summed E-state index contributed by atoms with van der Waals surface area (Å²) >= 11 is 6.22. The zero-order valence-electron chi connectivity index (χ0n) is 23.7. The van der Waals surface area contributed by atoms with E-state index in [1.165, 1.54) is 46.0 Å². The number of carbonyl (C=O) groups excluding carboxylic acids is 2. The minimum Gasteiger partial charge on any atom is -0.434 e. The number of rotatable bonds is 9. The molecule has 1 aromatic carbocycles. The molecule has 0 atom stereocenters. The second kappa shape index (κ2) is 13.2. The van der Waals surface area contributed by atoms with Crippen molar-refractivity contribution in [3.63, 3.8) is 0 Å². The minimum absolute atomic E-state index is 0.106. The number of aromatic nitrogens is 5. The number of hydrogen-bond donors (Lipinski definition) is 1. The fraction of sp³-hybridized carbons (Fsp3) is 0.414. The first-order valence-electron chi connectivity index (χ1n) is 14.3. The van der Waals surface area contributed by atoms with Crippen molar-refractivity contribution in [2.75, 3.05) is 51.3 Å². The highest BCUT2D eigenvalue weighted by Crippen LogP contribution is 2.37. The molecule has 3 aromatic heterocycles. The van der Waals surface area contributed by atoms with Gasteiger partial charge in [0.05, 0.1) is 11.9 Å². The summed E-state index contributed by atoms with van der Waals surface area (Å²) in [6.07, 6.45) is 8.16. The van der Waals surface area contributed by atoms with Crippen molar-refractivity contribution in [2.45, 2.75) is 26.0 Å². The van der Waals surface area contributed by atoms with Crippen LogP contribution in [0.25, 0.3) is 16.9 Å². The third-order valence-corrected chi connectivity index (χ3v) is 8.06. The van der Waals surface area contributed by atoms with Gasteiger partial charge in [-0.25, -0.2) is 9.50 Å². The second-order valence-corrected chi connectivity index (χ2v) is 11.2. The van der Waals surface area contributed by atoms with Crippen molar-refractivity contribution < 1.29 is 27.8 Å². The van der Waals surface area contributed by atoms with Gasteiger partial charge in [-0.3, -0.25) is 19.2 Å². The van der Waals surface area contributed by atoms with E-state index in [1.54, 1.807) is 17.2 Å². The first-order chi connectivity index (χ1) is 21.3. The van der Waals surface area contributed by atoms with E-state index in [9.17, 15) is 18.4 Å². The number of alkyl halides is 2. The Labute approximate surface area is 256 Å². The fourth-order valence-electron chi connectivity index (χ4n) is 5.57. The summed E-state index contributed by atoms with van der Waals surface area (Å²) < 4.78 is 39.6. The molecule has 12 nitrogen and oxygen atoms in total. The molecule has 2 amide bonds. The maximum atomic E-state index is 13.3. The number of nitrogens with zero attached hydrogens (tertiary/aromatic N) is 7. The monoisotopic (exact) mass is 628 g/mol. The smallest absolute Gasteiger partial charge is 0.387 e. The normalized spacial score (nSPS) is 16.5. The molecular formula is C29H31ClF2N8O4. The van der Waals surface area contributed by atoms with Crippen LogP contribution in [0.5, 0.6) is 5.75 Å². The topological polar surface area (TPSA) is 119 Å². The first kappa shape index (κ1) is 29.9. The summed E-state index contributed by atoms with van der Waals surface area (Å²) in [5, 5.41) is 11.7. The minimum atomic E-state index is -3.10. The van der Waals surface area contributed by atoms with Crippen molar-refractivity contribution in [2.24, 2.45) is 5.92 Å². The van der Waals surface area contributed by atoms with Gasteiger partial charge in [0.15, 0.2) is 5.65 Å². The van der Waals surface area contributed by atoms with Gasteiger partial charge in [0.25, 0.3) is 5.91 Å². The van der Waals surface area contributed by atoms with Crippen molar-refractivity contribution in [3.05, 3.63) is 59.6 Å². The quantitative estimate of drug-likeness (QED) is 0.298. The summed E-state index contributed by atoms with van der Waals surface area (Å²) in [4.78, 5) is 35.1. The molecule has 4 aromatic rings. The summed E-state index contributed by atoms with van der Waals surface area (Å²) in [5.41, 5.74) is 0.915. The largest absolute Gasteiger partial charge is 0.434 e.